The van der Waals surface area contributed by atoms with E-state index in [4.69, 9.17) is 29.6 Å². The molecule has 0 saturated heterocycles. The van der Waals surface area contributed by atoms with Crippen LogP contribution in [0.1, 0.15) is 24.0 Å². The highest BCUT2D eigenvalue weighted by atomic mass is 31.2. The molecule has 0 aromatic heterocycles. The molecule has 0 aliphatic carbocycles. The van der Waals surface area contributed by atoms with Crippen LogP contribution in [-0.4, -0.2) is 47.8 Å². The molecule has 0 fully saturated rings. The van der Waals surface area contributed by atoms with Gasteiger partial charge in [0.2, 0.25) is 0 Å². The summed E-state index contributed by atoms with van der Waals surface area (Å²) >= 11 is 0. The first-order valence-corrected chi connectivity index (χ1v) is 14.1. The molecular weight excluding hydrogens is 560 g/mol. The molecule has 0 heterocycles. The third-order valence-corrected chi connectivity index (χ3v) is 6.44. The van der Waals surface area contributed by atoms with Crippen LogP contribution in [0.2, 0.25) is 0 Å². The fourth-order valence-corrected chi connectivity index (χ4v) is 4.15. The zero-order chi connectivity index (χ0) is 29.7. The Balaban J connectivity index is 1.39. The average Bonchev–Trinajstić information content (AvgIpc) is 2.95. The maximum atomic E-state index is 13.1. The van der Waals surface area contributed by atoms with Crippen molar-refractivity contribution in [2.45, 2.75) is 31.9 Å². The Bertz CT molecular complexity index is 1340. The molecule has 0 aliphatic heterocycles. The number of hydrogen-bond donors (Lipinski definition) is 3. The molecule has 11 nitrogen and oxygen atoms in total. The Kier molecular flexibility index (Phi) is 12.3. The molecule has 220 valence electrons. The Hall–Kier alpha value is -3.80. The minimum atomic E-state index is -4.48. The van der Waals surface area contributed by atoms with E-state index in [2.05, 4.69) is 4.52 Å². The van der Waals surface area contributed by atoms with Crippen LogP contribution in [0.4, 0.5) is 4.39 Å². The number of benzene rings is 3. The lowest BCUT2D eigenvalue weighted by molar-refractivity contribution is -0.143. The van der Waals surface area contributed by atoms with Gasteiger partial charge in [0.05, 0.1) is 19.8 Å². The van der Waals surface area contributed by atoms with E-state index < -0.39 is 32.4 Å². The number of rotatable bonds is 17. The second-order valence-electron chi connectivity index (χ2n) is 8.72. The van der Waals surface area contributed by atoms with E-state index in [1.807, 2.05) is 36.4 Å². The van der Waals surface area contributed by atoms with Crippen LogP contribution in [0.3, 0.4) is 0 Å². The summed E-state index contributed by atoms with van der Waals surface area (Å²) in [6.07, 6.45) is 0.563. The van der Waals surface area contributed by atoms with E-state index in [1.165, 1.54) is 12.1 Å². The van der Waals surface area contributed by atoms with Crippen LogP contribution >= 0.6 is 7.82 Å². The number of aliphatic carboxylic acids is 1. The van der Waals surface area contributed by atoms with E-state index in [9.17, 15) is 23.4 Å². The lowest BCUT2D eigenvalue weighted by atomic mass is 10.1. The first-order chi connectivity index (χ1) is 19.6. The third-order valence-electron chi connectivity index (χ3n) is 5.45. The van der Waals surface area contributed by atoms with Gasteiger partial charge in [-0.2, -0.15) is 0 Å². The predicted octanol–water partition coefficient (Wildman–Crippen LogP) is 4.61. The molecule has 0 saturated carbocycles. The van der Waals surface area contributed by atoms with E-state index in [1.54, 1.807) is 24.3 Å². The normalized spacial score (nSPS) is 13.1. The van der Waals surface area contributed by atoms with Gasteiger partial charge in [0.1, 0.15) is 35.7 Å². The molecule has 0 bridgehead atoms. The number of nitrogens with two attached hydrogens (primary N) is 1. The van der Waals surface area contributed by atoms with Crippen molar-refractivity contribution in [1.82, 2.24) is 0 Å². The van der Waals surface area contributed by atoms with Gasteiger partial charge in [-0.1, -0.05) is 30.3 Å². The van der Waals surface area contributed by atoms with Crippen molar-refractivity contribution in [2.75, 3.05) is 19.8 Å². The monoisotopic (exact) mass is 591 g/mol. The molecule has 0 spiro atoms. The maximum absolute atomic E-state index is 13.1. The number of carboxylic acids is 1. The number of carbonyl (C=O) groups is 2. The smallest absolute Gasteiger partial charge is 0.472 e. The number of esters is 1. The van der Waals surface area contributed by atoms with Gasteiger partial charge < -0.3 is 29.9 Å². The number of hydrogen-bond acceptors (Lipinski definition) is 9. The summed E-state index contributed by atoms with van der Waals surface area (Å²) < 4.78 is 50.9. The van der Waals surface area contributed by atoms with Gasteiger partial charge >= 0.3 is 19.8 Å². The lowest BCUT2D eigenvalue weighted by Gasteiger charge is -2.14. The van der Waals surface area contributed by atoms with Crippen molar-refractivity contribution < 1.29 is 51.8 Å². The van der Waals surface area contributed by atoms with Gasteiger partial charge in [-0.25, -0.2) is 8.96 Å². The summed E-state index contributed by atoms with van der Waals surface area (Å²) in [4.78, 5) is 32.3. The van der Waals surface area contributed by atoms with Gasteiger partial charge in [-0.05, 0) is 60.0 Å². The molecule has 0 aliphatic rings. The quantitative estimate of drug-likeness (QED) is 0.114. The summed E-state index contributed by atoms with van der Waals surface area (Å²) in [5.74, 6) is -0.501. The molecule has 0 amide bonds. The van der Waals surface area contributed by atoms with E-state index in [0.29, 0.717) is 23.7 Å². The fraction of sp³-hybridized carbons (Fsp3) is 0.286. The van der Waals surface area contributed by atoms with Gasteiger partial charge in [-0.15, -0.1) is 0 Å². The highest BCUT2D eigenvalue weighted by Crippen LogP contribution is 2.43. The Morgan fingerprint density at radius 2 is 1.71 bits per heavy atom. The standard InChI is InChI=1S/C28H31FNO10P/c29-22-10-12-23(13-11-22)40-24-7-3-5-20(17-24)18-37-26-8-2-1-6-21(26)9-14-27(31)36-15-4-16-38-41(34,35)39-19-25(30)28(32)33/h1-3,5-8,10-13,17,25H,4,9,14-16,18-19,30H2,(H,32,33)(H,34,35)/t25-/m0/s1. The minimum absolute atomic E-state index is 0.0536. The van der Waals surface area contributed by atoms with Crippen LogP contribution in [0.5, 0.6) is 17.2 Å². The van der Waals surface area contributed by atoms with Crippen molar-refractivity contribution in [3.05, 3.63) is 89.7 Å². The Labute approximate surface area is 236 Å². The second kappa shape index (κ2) is 15.8. The number of carboxylic acid groups (broad SMARTS) is 1. The third kappa shape index (κ3) is 11.7. The molecule has 3 rings (SSSR count). The minimum Gasteiger partial charge on any atom is -0.489 e. The first kappa shape index (κ1) is 31.7. The van der Waals surface area contributed by atoms with E-state index in [-0.39, 0.29) is 38.5 Å². The van der Waals surface area contributed by atoms with Crippen molar-refractivity contribution >= 4 is 19.8 Å². The number of ether oxygens (including phenoxy) is 3. The molecule has 4 N–H and O–H groups in total. The van der Waals surface area contributed by atoms with Crippen LogP contribution in [-0.2, 0) is 41.0 Å². The Morgan fingerprint density at radius 1 is 0.951 bits per heavy atom. The number of para-hydroxylation sites is 1. The SMILES string of the molecule is N[C@@H](COP(=O)(O)OCCCOC(=O)CCc1ccccc1OCc1cccc(Oc2ccc(F)cc2)c1)C(=O)O. The number of carbonyl (C=O) groups excluding carboxylic acids is 1. The zero-order valence-corrected chi connectivity index (χ0v) is 22.9. The highest BCUT2D eigenvalue weighted by molar-refractivity contribution is 7.47. The van der Waals surface area contributed by atoms with Crippen LogP contribution < -0.4 is 15.2 Å². The molecule has 2 atom stereocenters. The number of aryl methyl sites for hydroxylation is 1. The van der Waals surface area contributed by atoms with Crippen LogP contribution in [0, 0.1) is 5.82 Å². The van der Waals surface area contributed by atoms with Gasteiger partial charge in [-0.3, -0.25) is 18.6 Å². The summed E-state index contributed by atoms with van der Waals surface area (Å²) in [5.41, 5.74) is 6.86. The molecule has 3 aromatic carbocycles. The van der Waals surface area contributed by atoms with Crippen molar-refractivity contribution in [1.29, 1.82) is 0 Å². The number of phosphoric acid groups is 1. The summed E-state index contributed by atoms with van der Waals surface area (Å²) in [5, 5.41) is 8.65. The summed E-state index contributed by atoms with van der Waals surface area (Å²) in [7, 11) is -4.48. The predicted molar refractivity (Wildman–Crippen MR) is 145 cm³/mol. The lowest BCUT2D eigenvalue weighted by Crippen LogP contribution is -2.34. The molecule has 0 radical (unpaired) electrons. The fourth-order valence-electron chi connectivity index (χ4n) is 3.37. The molecule has 3 aromatic rings. The number of phosphoric ester groups is 1. The molecule has 41 heavy (non-hydrogen) atoms. The van der Waals surface area contributed by atoms with Gasteiger partial charge in [0.15, 0.2) is 0 Å². The topological polar surface area (TPSA) is 164 Å². The van der Waals surface area contributed by atoms with Crippen molar-refractivity contribution in [3.8, 4) is 17.2 Å². The zero-order valence-electron chi connectivity index (χ0n) is 22.0. The summed E-state index contributed by atoms with van der Waals surface area (Å²) in [6, 6.07) is 18.9. The van der Waals surface area contributed by atoms with Gasteiger partial charge in [0.25, 0.3) is 0 Å². The largest absolute Gasteiger partial charge is 0.489 e. The molecular formula is C28H31FNO10P. The molecule has 1 unspecified atom stereocenters. The van der Waals surface area contributed by atoms with Crippen molar-refractivity contribution in [3.63, 3.8) is 0 Å². The van der Waals surface area contributed by atoms with E-state index >= 15 is 0 Å². The van der Waals surface area contributed by atoms with Crippen molar-refractivity contribution in [2.24, 2.45) is 5.73 Å². The Morgan fingerprint density at radius 3 is 2.46 bits per heavy atom. The second-order valence-corrected chi connectivity index (χ2v) is 10.2. The average molecular weight is 592 g/mol. The van der Waals surface area contributed by atoms with E-state index in [0.717, 1.165) is 11.1 Å². The van der Waals surface area contributed by atoms with Gasteiger partial charge in [0, 0.05) is 12.8 Å². The number of halogens is 1. The highest BCUT2D eigenvalue weighted by Gasteiger charge is 2.24. The maximum Gasteiger partial charge on any atom is 0.472 e. The first-order valence-electron chi connectivity index (χ1n) is 12.6. The summed E-state index contributed by atoms with van der Waals surface area (Å²) in [6.45, 7) is -0.748. The van der Waals surface area contributed by atoms with Crippen LogP contribution in [0.25, 0.3) is 0 Å². The molecule has 13 heteroatoms. The van der Waals surface area contributed by atoms with Crippen LogP contribution in [0.15, 0.2) is 72.8 Å².